The fourth-order valence-corrected chi connectivity index (χ4v) is 2.74. The number of nitrogens with zero attached hydrogens (tertiary/aromatic N) is 3. The van der Waals surface area contributed by atoms with E-state index < -0.39 is 0 Å². The van der Waals surface area contributed by atoms with E-state index in [0.717, 1.165) is 18.5 Å². The van der Waals surface area contributed by atoms with E-state index in [1.165, 1.54) is 5.56 Å². The summed E-state index contributed by atoms with van der Waals surface area (Å²) in [6.45, 7) is 0.690. The van der Waals surface area contributed by atoms with E-state index in [2.05, 4.69) is 27.1 Å². The number of carbonyl (C=O) groups is 1. The molecule has 5 heteroatoms. The molecule has 3 aromatic rings. The Kier molecular flexibility index (Phi) is 3.46. The first-order valence-electron chi connectivity index (χ1n) is 7.84. The molecule has 5 nitrogen and oxygen atoms in total. The van der Waals surface area contributed by atoms with Gasteiger partial charge in [-0.15, -0.1) is 0 Å². The molecule has 1 amide bonds. The number of anilines is 1. The van der Waals surface area contributed by atoms with E-state index in [1.807, 2.05) is 47.4 Å². The maximum absolute atomic E-state index is 12.4. The van der Waals surface area contributed by atoms with Gasteiger partial charge in [0.05, 0.1) is 18.4 Å². The summed E-state index contributed by atoms with van der Waals surface area (Å²) >= 11 is 0. The first kappa shape index (κ1) is 13.8. The number of amides is 1. The summed E-state index contributed by atoms with van der Waals surface area (Å²) < 4.78 is 3.88. The van der Waals surface area contributed by atoms with Crippen molar-refractivity contribution in [3.8, 4) is 0 Å². The fraction of sp³-hybridized carbons (Fsp3) is 0.222. The summed E-state index contributed by atoms with van der Waals surface area (Å²) in [5, 5.41) is 7.24. The summed E-state index contributed by atoms with van der Waals surface area (Å²) in [4.78, 5) is 12.4. The van der Waals surface area contributed by atoms with Crippen LogP contribution in [0, 0.1) is 0 Å². The van der Waals surface area contributed by atoms with Crippen molar-refractivity contribution in [1.29, 1.82) is 0 Å². The molecule has 1 N–H and O–H groups in total. The van der Waals surface area contributed by atoms with Crippen molar-refractivity contribution in [3.05, 3.63) is 72.3 Å². The van der Waals surface area contributed by atoms with Crippen LogP contribution in [0.1, 0.15) is 34.9 Å². The van der Waals surface area contributed by atoms with Gasteiger partial charge in [0.2, 0.25) is 0 Å². The van der Waals surface area contributed by atoms with Gasteiger partial charge >= 0.3 is 0 Å². The molecule has 116 valence electrons. The van der Waals surface area contributed by atoms with Crippen LogP contribution in [0.4, 0.5) is 5.69 Å². The molecule has 1 aromatic carbocycles. The first-order chi connectivity index (χ1) is 11.3. The molecule has 1 saturated carbocycles. The van der Waals surface area contributed by atoms with Crippen molar-refractivity contribution in [2.75, 3.05) is 5.32 Å². The molecule has 0 aliphatic heterocycles. The lowest BCUT2D eigenvalue weighted by Gasteiger charge is -2.07. The lowest BCUT2D eigenvalue weighted by molar-refractivity contribution is 0.101. The Balaban J connectivity index is 1.45. The van der Waals surface area contributed by atoms with Gasteiger partial charge in [-0.1, -0.05) is 30.3 Å². The smallest absolute Gasteiger partial charge is 0.272 e. The second-order valence-electron chi connectivity index (χ2n) is 5.90. The predicted molar refractivity (Wildman–Crippen MR) is 88.4 cm³/mol. The van der Waals surface area contributed by atoms with E-state index in [1.54, 1.807) is 6.20 Å². The van der Waals surface area contributed by atoms with Crippen LogP contribution in [0.5, 0.6) is 0 Å². The minimum Gasteiger partial charge on any atom is -0.340 e. The first-order valence-corrected chi connectivity index (χ1v) is 7.84. The van der Waals surface area contributed by atoms with E-state index in [4.69, 9.17) is 0 Å². The minimum atomic E-state index is -0.0823. The van der Waals surface area contributed by atoms with Gasteiger partial charge < -0.3 is 9.88 Å². The molecule has 0 saturated heterocycles. The molecule has 0 spiro atoms. The van der Waals surface area contributed by atoms with E-state index in [-0.39, 0.29) is 5.91 Å². The summed E-state index contributed by atoms with van der Waals surface area (Å²) in [5.41, 5.74) is 2.61. The SMILES string of the molecule is O=C(Nc1cnn(Cc2ccccc2)c1)c1cccn1C1CC1. The Hall–Kier alpha value is -2.82. The summed E-state index contributed by atoms with van der Waals surface area (Å²) in [6.07, 6.45) is 7.83. The third kappa shape index (κ3) is 3.04. The molecule has 0 atom stereocenters. The molecule has 23 heavy (non-hydrogen) atoms. The Morgan fingerprint density at radius 2 is 2.00 bits per heavy atom. The second-order valence-corrected chi connectivity index (χ2v) is 5.90. The van der Waals surface area contributed by atoms with Crippen LogP contribution in [-0.2, 0) is 6.54 Å². The summed E-state index contributed by atoms with van der Waals surface area (Å²) in [6, 6.07) is 14.4. The Morgan fingerprint density at radius 3 is 2.78 bits per heavy atom. The van der Waals surface area contributed by atoms with E-state index >= 15 is 0 Å². The average Bonchev–Trinajstić information content (AvgIpc) is 3.12. The number of aromatic nitrogens is 3. The Morgan fingerprint density at radius 1 is 1.17 bits per heavy atom. The maximum Gasteiger partial charge on any atom is 0.272 e. The highest BCUT2D eigenvalue weighted by Gasteiger charge is 2.26. The number of hydrogen-bond acceptors (Lipinski definition) is 2. The predicted octanol–water partition coefficient (Wildman–Crippen LogP) is 3.32. The number of hydrogen-bond donors (Lipinski definition) is 1. The molecule has 1 fully saturated rings. The Bertz CT molecular complexity index is 814. The van der Waals surface area contributed by atoms with E-state index in [9.17, 15) is 4.79 Å². The number of nitrogens with one attached hydrogen (secondary N) is 1. The standard InChI is InChI=1S/C18H18N4O/c23-18(17-7-4-10-22(17)16-8-9-16)20-15-11-19-21(13-15)12-14-5-2-1-3-6-14/h1-7,10-11,13,16H,8-9,12H2,(H,20,23). The quantitative estimate of drug-likeness (QED) is 0.786. The van der Waals surface area contributed by atoms with E-state index in [0.29, 0.717) is 18.3 Å². The third-order valence-corrected chi connectivity index (χ3v) is 4.03. The monoisotopic (exact) mass is 306 g/mol. The van der Waals surface area contributed by atoms with Gasteiger partial charge in [0.1, 0.15) is 5.69 Å². The van der Waals surface area contributed by atoms with Gasteiger partial charge in [0.25, 0.3) is 5.91 Å². The molecule has 0 radical (unpaired) electrons. The molecule has 0 unspecified atom stereocenters. The summed E-state index contributed by atoms with van der Waals surface area (Å²) in [5.74, 6) is -0.0823. The normalized spacial score (nSPS) is 13.9. The number of benzene rings is 1. The van der Waals surface area contributed by atoms with Crippen molar-refractivity contribution < 1.29 is 4.79 Å². The van der Waals surface area contributed by atoms with Crippen molar-refractivity contribution in [3.63, 3.8) is 0 Å². The topological polar surface area (TPSA) is 51.9 Å². The Labute approximate surface area is 134 Å². The maximum atomic E-state index is 12.4. The van der Waals surface area contributed by atoms with Crippen LogP contribution in [-0.4, -0.2) is 20.3 Å². The molecule has 0 bridgehead atoms. The number of carbonyl (C=O) groups excluding carboxylic acids is 1. The summed E-state index contributed by atoms with van der Waals surface area (Å²) in [7, 11) is 0. The van der Waals surface area contributed by atoms with Crippen molar-refractivity contribution in [2.45, 2.75) is 25.4 Å². The zero-order valence-electron chi connectivity index (χ0n) is 12.7. The molecule has 1 aliphatic rings. The van der Waals surface area contributed by atoms with Gasteiger partial charge in [-0.25, -0.2) is 0 Å². The van der Waals surface area contributed by atoms with Crippen molar-refractivity contribution in [2.24, 2.45) is 0 Å². The molecule has 2 aromatic heterocycles. The highest BCUT2D eigenvalue weighted by molar-refractivity contribution is 6.03. The molecular formula is C18H18N4O. The van der Waals surface area contributed by atoms with Crippen LogP contribution in [0.25, 0.3) is 0 Å². The van der Waals surface area contributed by atoms with Crippen LogP contribution in [0.2, 0.25) is 0 Å². The molecular weight excluding hydrogens is 288 g/mol. The van der Waals surface area contributed by atoms with Gasteiger partial charge in [0, 0.05) is 18.4 Å². The van der Waals surface area contributed by atoms with Gasteiger partial charge in [-0.2, -0.15) is 5.10 Å². The van der Waals surface area contributed by atoms with Gasteiger partial charge in [-0.3, -0.25) is 9.48 Å². The highest BCUT2D eigenvalue weighted by Crippen LogP contribution is 2.36. The van der Waals surface area contributed by atoms with Gasteiger partial charge in [-0.05, 0) is 30.5 Å². The largest absolute Gasteiger partial charge is 0.340 e. The van der Waals surface area contributed by atoms with Crippen molar-refractivity contribution in [1.82, 2.24) is 14.3 Å². The molecule has 1 aliphatic carbocycles. The lowest BCUT2D eigenvalue weighted by Crippen LogP contribution is -2.16. The lowest BCUT2D eigenvalue weighted by atomic mass is 10.2. The van der Waals surface area contributed by atoms with Crippen LogP contribution < -0.4 is 5.32 Å². The number of rotatable bonds is 5. The third-order valence-electron chi connectivity index (χ3n) is 4.03. The highest BCUT2D eigenvalue weighted by atomic mass is 16.2. The van der Waals surface area contributed by atoms with Crippen molar-refractivity contribution >= 4 is 11.6 Å². The average molecular weight is 306 g/mol. The molecule has 4 rings (SSSR count). The zero-order chi connectivity index (χ0) is 15.6. The zero-order valence-corrected chi connectivity index (χ0v) is 12.7. The van der Waals surface area contributed by atoms with Crippen LogP contribution in [0.3, 0.4) is 0 Å². The van der Waals surface area contributed by atoms with Crippen LogP contribution in [0.15, 0.2) is 61.1 Å². The molecule has 2 heterocycles. The van der Waals surface area contributed by atoms with Gasteiger partial charge in [0.15, 0.2) is 0 Å². The second kappa shape index (κ2) is 5.76. The minimum absolute atomic E-state index is 0.0823. The van der Waals surface area contributed by atoms with Crippen LogP contribution >= 0.6 is 0 Å². The fourth-order valence-electron chi connectivity index (χ4n) is 2.74.